The molecule has 6 rings (SSSR count). The molecule has 0 amide bonds. The number of anilines is 3. The van der Waals surface area contributed by atoms with E-state index in [9.17, 15) is 5.11 Å². The first-order chi connectivity index (χ1) is 17.0. The molecule has 0 spiro atoms. The van der Waals surface area contributed by atoms with Crippen molar-refractivity contribution in [1.29, 1.82) is 0 Å². The number of fused-ring (bicyclic) bond motifs is 1. The number of aryl methyl sites for hydroxylation is 2. The molecule has 3 aromatic heterocycles. The lowest BCUT2D eigenvalue weighted by atomic mass is 10.1. The van der Waals surface area contributed by atoms with Gasteiger partial charge in [0.25, 0.3) is 0 Å². The van der Waals surface area contributed by atoms with E-state index in [1.54, 1.807) is 10.9 Å². The number of hydrogen-bond acceptors (Lipinski definition) is 9. The molecule has 2 N–H and O–H groups in total. The van der Waals surface area contributed by atoms with Crippen LogP contribution in [0.4, 0.5) is 17.5 Å². The Morgan fingerprint density at radius 3 is 2.77 bits per heavy atom. The number of hydrogen-bond donors (Lipinski definition) is 2. The van der Waals surface area contributed by atoms with E-state index in [1.165, 1.54) is 0 Å². The van der Waals surface area contributed by atoms with Crippen LogP contribution in [0, 0.1) is 6.92 Å². The van der Waals surface area contributed by atoms with Crippen molar-refractivity contribution in [3.63, 3.8) is 0 Å². The number of nitrogens with one attached hydrogen (secondary N) is 1. The van der Waals surface area contributed by atoms with Gasteiger partial charge < -0.3 is 20.1 Å². The van der Waals surface area contributed by atoms with Crippen LogP contribution in [0.2, 0.25) is 0 Å². The molecule has 2 aliphatic rings. The standard InChI is InChI=1S/C24H29N9O2/c1-16-17(12-31-14-19(34)15-31)13-33(28-16)22-5-6-25-24(27-22)26-18-3-4-21-20(11-18)23(29-30(21)2)32-7-9-35-10-8-32/h3-6,11,13,19,34H,7-10,12,14-15H2,1-2H3,(H,25,26,27). The fourth-order valence-corrected chi connectivity index (χ4v) is 4.68. The van der Waals surface area contributed by atoms with Crippen molar-refractivity contribution >= 4 is 28.4 Å². The number of ether oxygens (including phenoxy) is 1. The molecule has 5 heterocycles. The van der Waals surface area contributed by atoms with Crippen LogP contribution in [0.25, 0.3) is 16.7 Å². The minimum atomic E-state index is -0.211. The Morgan fingerprint density at radius 1 is 1.14 bits per heavy atom. The summed E-state index contributed by atoms with van der Waals surface area (Å²) in [6, 6.07) is 8.02. The second-order valence-corrected chi connectivity index (χ2v) is 9.17. The number of aromatic nitrogens is 6. The molecule has 2 aliphatic heterocycles. The first kappa shape index (κ1) is 22.0. The summed E-state index contributed by atoms with van der Waals surface area (Å²) in [4.78, 5) is 13.6. The fourth-order valence-electron chi connectivity index (χ4n) is 4.68. The van der Waals surface area contributed by atoms with Gasteiger partial charge in [0.15, 0.2) is 11.6 Å². The predicted molar refractivity (Wildman–Crippen MR) is 132 cm³/mol. The summed E-state index contributed by atoms with van der Waals surface area (Å²) >= 11 is 0. The van der Waals surface area contributed by atoms with Crippen molar-refractivity contribution < 1.29 is 9.84 Å². The van der Waals surface area contributed by atoms with Gasteiger partial charge >= 0.3 is 0 Å². The van der Waals surface area contributed by atoms with E-state index in [1.807, 2.05) is 37.0 Å². The van der Waals surface area contributed by atoms with Crippen LogP contribution in [0.1, 0.15) is 11.3 Å². The van der Waals surface area contributed by atoms with Crippen molar-refractivity contribution in [2.24, 2.45) is 7.05 Å². The van der Waals surface area contributed by atoms with Crippen molar-refractivity contribution in [2.45, 2.75) is 19.6 Å². The van der Waals surface area contributed by atoms with Crippen LogP contribution < -0.4 is 10.2 Å². The Bertz CT molecular complexity index is 1350. The highest BCUT2D eigenvalue weighted by molar-refractivity contribution is 5.93. The van der Waals surface area contributed by atoms with Crippen molar-refractivity contribution in [3.05, 3.63) is 47.9 Å². The second-order valence-electron chi connectivity index (χ2n) is 9.17. The molecule has 0 atom stereocenters. The van der Waals surface area contributed by atoms with E-state index in [-0.39, 0.29) is 6.10 Å². The summed E-state index contributed by atoms with van der Waals surface area (Å²) in [6.07, 6.45) is 3.52. The van der Waals surface area contributed by atoms with Crippen LogP contribution in [-0.2, 0) is 18.3 Å². The summed E-state index contributed by atoms with van der Waals surface area (Å²) in [5.74, 6) is 2.16. The van der Waals surface area contributed by atoms with Crippen molar-refractivity contribution in [3.8, 4) is 5.82 Å². The molecule has 0 bridgehead atoms. The molecule has 2 fully saturated rings. The number of β-amino-alcohol motifs (C(OH)–C–C–N with tert-alkyl or cyclic N) is 1. The maximum Gasteiger partial charge on any atom is 0.229 e. The zero-order valence-corrected chi connectivity index (χ0v) is 19.9. The third kappa shape index (κ3) is 4.33. The average molecular weight is 476 g/mol. The second kappa shape index (κ2) is 8.91. The van der Waals surface area contributed by atoms with E-state index in [4.69, 9.17) is 14.8 Å². The van der Waals surface area contributed by atoms with Crippen LogP contribution in [-0.4, -0.2) is 85.0 Å². The van der Waals surface area contributed by atoms with Gasteiger partial charge in [0, 0.05) is 74.9 Å². The third-order valence-electron chi connectivity index (χ3n) is 6.61. The molecular weight excluding hydrogens is 446 g/mol. The predicted octanol–water partition coefficient (Wildman–Crippen LogP) is 1.61. The van der Waals surface area contributed by atoms with Gasteiger partial charge in [-0.3, -0.25) is 9.58 Å². The lowest BCUT2D eigenvalue weighted by Gasteiger charge is -2.35. The van der Waals surface area contributed by atoms with Crippen molar-refractivity contribution in [1.82, 2.24) is 34.4 Å². The van der Waals surface area contributed by atoms with Gasteiger partial charge in [-0.25, -0.2) is 9.67 Å². The van der Waals surface area contributed by atoms with Gasteiger partial charge in [-0.05, 0) is 25.1 Å². The monoisotopic (exact) mass is 475 g/mol. The van der Waals surface area contributed by atoms with Gasteiger partial charge in [-0.15, -0.1) is 0 Å². The molecule has 0 radical (unpaired) electrons. The first-order valence-electron chi connectivity index (χ1n) is 11.9. The summed E-state index contributed by atoms with van der Waals surface area (Å²) in [7, 11) is 1.97. The maximum absolute atomic E-state index is 9.54. The van der Waals surface area contributed by atoms with Gasteiger partial charge in [0.1, 0.15) is 0 Å². The normalized spacial score (nSPS) is 17.2. The van der Waals surface area contributed by atoms with Crippen LogP contribution in [0.3, 0.4) is 0 Å². The highest BCUT2D eigenvalue weighted by Crippen LogP contribution is 2.30. The SMILES string of the molecule is Cc1nn(-c2ccnc(Nc3ccc4c(c3)c(N3CCOCC3)nn4C)n2)cc1CN1CC(O)C1. The van der Waals surface area contributed by atoms with Gasteiger partial charge in [0.05, 0.1) is 30.5 Å². The number of morpholine rings is 1. The topological polar surface area (TPSA) is 109 Å². The average Bonchev–Trinajstić information content (AvgIpc) is 3.38. The molecule has 182 valence electrons. The molecular formula is C24H29N9O2. The highest BCUT2D eigenvalue weighted by atomic mass is 16.5. The zero-order valence-electron chi connectivity index (χ0n) is 19.9. The highest BCUT2D eigenvalue weighted by Gasteiger charge is 2.25. The minimum absolute atomic E-state index is 0.211. The van der Waals surface area contributed by atoms with E-state index in [0.29, 0.717) is 38.1 Å². The fraction of sp³-hybridized carbons (Fsp3) is 0.417. The molecule has 2 saturated heterocycles. The maximum atomic E-state index is 9.54. The molecule has 11 heteroatoms. The van der Waals surface area contributed by atoms with E-state index < -0.39 is 0 Å². The zero-order chi connectivity index (χ0) is 23.9. The van der Waals surface area contributed by atoms with Gasteiger partial charge in [-0.2, -0.15) is 15.2 Å². The quantitative estimate of drug-likeness (QED) is 0.430. The molecule has 35 heavy (non-hydrogen) atoms. The third-order valence-corrected chi connectivity index (χ3v) is 6.61. The number of nitrogens with zero attached hydrogens (tertiary/aromatic N) is 8. The molecule has 4 aromatic rings. The Labute approximate surface area is 202 Å². The van der Waals surface area contributed by atoms with Crippen LogP contribution in [0.15, 0.2) is 36.7 Å². The van der Waals surface area contributed by atoms with Gasteiger partial charge in [0.2, 0.25) is 5.95 Å². The lowest BCUT2D eigenvalue weighted by Crippen LogP contribution is -2.49. The Kier molecular flexibility index (Phi) is 5.59. The van der Waals surface area contributed by atoms with Crippen LogP contribution in [0.5, 0.6) is 0 Å². The number of aliphatic hydroxyl groups is 1. The van der Waals surface area contributed by atoms with Crippen LogP contribution >= 0.6 is 0 Å². The summed E-state index contributed by atoms with van der Waals surface area (Å²) < 4.78 is 9.21. The Morgan fingerprint density at radius 2 is 1.97 bits per heavy atom. The first-order valence-corrected chi connectivity index (χ1v) is 11.9. The number of benzene rings is 1. The Hall–Kier alpha value is -3.54. The molecule has 1 aromatic carbocycles. The van der Waals surface area contributed by atoms with E-state index >= 15 is 0 Å². The number of rotatable bonds is 6. The smallest absolute Gasteiger partial charge is 0.229 e. The molecule has 0 unspecified atom stereocenters. The minimum Gasteiger partial charge on any atom is -0.390 e. The van der Waals surface area contributed by atoms with E-state index in [2.05, 4.69) is 37.3 Å². The largest absolute Gasteiger partial charge is 0.390 e. The summed E-state index contributed by atoms with van der Waals surface area (Å²) in [5, 5.41) is 23.4. The number of likely N-dealkylation sites (tertiary alicyclic amines) is 1. The lowest BCUT2D eigenvalue weighted by molar-refractivity contribution is -0.00297. The molecule has 0 aliphatic carbocycles. The molecule has 11 nitrogen and oxygen atoms in total. The Balaban J connectivity index is 1.24. The summed E-state index contributed by atoms with van der Waals surface area (Å²) in [6.45, 7) is 7.28. The van der Waals surface area contributed by atoms with E-state index in [0.717, 1.165) is 53.3 Å². The summed E-state index contributed by atoms with van der Waals surface area (Å²) in [5.41, 5.74) is 4.05. The molecule has 0 saturated carbocycles. The number of aliphatic hydroxyl groups excluding tert-OH is 1. The van der Waals surface area contributed by atoms with Gasteiger partial charge in [-0.1, -0.05) is 0 Å². The van der Waals surface area contributed by atoms with Crippen molar-refractivity contribution in [2.75, 3.05) is 49.6 Å².